The number of benzene rings is 2. The first-order valence-corrected chi connectivity index (χ1v) is 11.6. The SMILES string of the molecule is O=C(N[C@@H]1CC(=O)N(c2ccc(Cl)cc2)C1)c1ccc(S(=O)(=O)N2CCCC2)cc1. The van der Waals surface area contributed by atoms with E-state index in [4.69, 9.17) is 11.6 Å². The van der Waals surface area contributed by atoms with E-state index in [1.54, 1.807) is 29.2 Å². The molecule has 2 heterocycles. The van der Waals surface area contributed by atoms with Crippen LogP contribution in [0.25, 0.3) is 0 Å². The molecule has 2 aliphatic rings. The van der Waals surface area contributed by atoms with Crippen molar-refractivity contribution in [2.75, 3.05) is 24.5 Å². The summed E-state index contributed by atoms with van der Waals surface area (Å²) < 4.78 is 26.7. The molecule has 2 aromatic rings. The third-order valence-electron chi connectivity index (χ3n) is 5.42. The molecule has 2 amide bonds. The Hall–Kier alpha value is -2.42. The third-order valence-corrected chi connectivity index (χ3v) is 7.58. The fourth-order valence-electron chi connectivity index (χ4n) is 3.80. The molecule has 4 rings (SSSR count). The van der Waals surface area contributed by atoms with Crippen LogP contribution in [0.3, 0.4) is 0 Å². The van der Waals surface area contributed by atoms with E-state index in [9.17, 15) is 18.0 Å². The lowest BCUT2D eigenvalue weighted by Crippen LogP contribution is -2.37. The predicted molar refractivity (Wildman–Crippen MR) is 114 cm³/mol. The molecule has 2 fully saturated rings. The Morgan fingerprint density at radius 3 is 2.27 bits per heavy atom. The summed E-state index contributed by atoms with van der Waals surface area (Å²) in [5.41, 5.74) is 1.09. The van der Waals surface area contributed by atoms with Crippen molar-refractivity contribution < 1.29 is 18.0 Å². The number of halogens is 1. The number of anilines is 1. The van der Waals surface area contributed by atoms with Crippen LogP contribution in [0.2, 0.25) is 5.02 Å². The topological polar surface area (TPSA) is 86.8 Å². The van der Waals surface area contributed by atoms with Crippen molar-refractivity contribution >= 4 is 39.1 Å². The summed E-state index contributed by atoms with van der Waals surface area (Å²) in [6, 6.07) is 12.6. The molecular formula is C21H22ClN3O4S. The van der Waals surface area contributed by atoms with Gasteiger partial charge in [-0.3, -0.25) is 9.59 Å². The van der Waals surface area contributed by atoms with E-state index in [-0.39, 0.29) is 29.2 Å². The second kappa shape index (κ2) is 8.37. The van der Waals surface area contributed by atoms with Gasteiger partial charge in [0.25, 0.3) is 5.91 Å². The van der Waals surface area contributed by atoms with Gasteiger partial charge in [0.05, 0.1) is 10.9 Å². The first-order valence-electron chi connectivity index (χ1n) is 9.81. The number of sulfonamides is 1. The number of hydrogen-bond donors (Lipinski definition) is 1. The number of amides is 2. The highest BCUT2D eigenvalue weighted by Gasteiger charge is 2.32. The standard InChI is InChI=1S/C21H22ClN3O4S/c22-16-5-7-18(8-6-16)25-14-17(13-20(25)26)23-21(27)15-3-9-19(10-4-15)30(28,29)24-11-1-2-12-24/h3-10,17H,1-2,11-14H2,(H,23,27)/t17-/m1/s1. The minimum absolute atomic E-state index is 0.0744. The molecule has 1 atom stereocenters. The Labute approximate surface area is 180 Å². The highest BCUT2D eigenvalue weighted by Crippen LogP contribution is 2.24. The van der Waals surface area contributed by atoms with Gasteiger partial charge in [0.1, 0.15) is 0 Å². The smallest absolute Gasteiger partial charge is 0.251 e. The van der Waals surface area contributed by atoms with Gasteiger partial charge in [-0.25, -0.2) is 8.42 Å². The van der Waals surface area contributed by atoms with Gasteiger partial charge in [0, 0.05) is 42.3 Å². The average Bonchev–Trinajstić information content (AvgIpc) is 3.39. The lowest BCUT2D eigenvalue weighted by Gasteiger charge is -2.17. The van der Waals surface area contributed by atoms with Crippen molar-refractivity contribution in [3.05, 3.63) is 59.1 Å². The molecule has 0 unspecified atom stereocenters. The van der Waals surface area contributed by atoms with Gasteiger partial charge >= 0.3 is 0 Å². The van der Waals surface area contributed by atoms with Crippen LogP contribution in [-0.2, 0) is 14.8 Å². The summed E-state index contributed by atoms with van der Waals surface area (Å²) >= 11 is 5.90. The van der Waals surface area contributed by atoms with E-state index < -0.39 is 10.0 Å². The maximum absolute atomic E-state index is 12.6. The maximum Gasteiger partial charge on any atom is 0.251 e. The van der Waals surface area contributed by atoms with E-state index in [1.807, 2.05) is 0 Å². The van der Waals surface area contributed by atoms with Crippen molar-refractivity contribution in [3.8, 4) is 0 Å². The van der Waals surface area contributed by atoms with Crippen LogP contribution in [0.1, 0.15) is 29.6 Å². The molecule has 30 heavy (non-hydrogen) atoms. The fourth-order valence-corrected chi connectivity index (χ4v) is 5.44. The van der Waals surface area contributed by atoms with Gasteiger partial charge in [-0.1, -0.05) is 11.6 Å². The average molecular weight is 448 g/mol. The molecule has 0 spiro atoms. The van der Waals surface area contributed by atoms with Gasteiger partial charge in [0.15, 0.2) is 0 Å². The summed E-state index contributed by atoms with van der Waals surface area (Å²) in [6.45, 7) is 1.43. The van der Waals surface area contributed by atoms with Crippen molar-refractivity contribution in [1.29, 1.82) is 0 Å². The van der Waals surface area contributed by atoms with Crippen molar-refractivity contribution in [2.45, 2.75) is 30.2 Å². The van der Waals surface area contributed by atoms with Gasteiger partial charge in [0.2, 0.25) is 15.9 Å². The molecule has 1 N–H and O–H groups in total. The molecule has 158 valence electrons. The van der Waals surface area contributed by atoms with Crippen LogP contribution in [0.5, 0.6) is 0 Å². The molecule has 2 saturated heterocycles. The molecule has 2 aliphatic heterocycles. The number of rotatable bonds is 5. The molecule has 9 heteroatoms. The highest BCUT2D eigenvalue weighted by molar-refractivity contribution is 7.89. The molecule has 0 bridgehead atoms. The van der Waals surface area contributed by atoms with E-state index >= 15 is 0 Å². The summed E-state index contributed by atoms with van der Waals surface area (Å²) in [5, 5.41) is 3.45. The largest absolute Gasteiger partial charge is 0.347 e. The number of nitrogens with one attached hydrogen (secondary N) is 1. The Morgan fingerprint density at radius 1 is 1.00 bits per heavy atom. The Balaban J connectivity index is 1.40. The lowest BCUT2D eigenvalue weighted by molar-refractivity contribution is -0.117. The zero-order valence-corrected chi connectivity index (χ0v) is 17.8. The van der Waals surface area contributed by atoms with E-state index in [2.05, 4.69) is 5.32 Å². The van der Waals surface area contributed by atoms with Gasteiger partial charge in [-0.05, 0) is 61.4 Å². The normalized spacial score (nSPS) is 20.0. The van der Waals surface area contributed by atoms with E-state index in [0.29, 0.717) is 30.2 Å². The van der Waals surface area contributed by atoms with Crippen molar-refractivity contribution in [2.24, 2.45) is 0 Å². The van der Waals surface area contributed by atoms with E-state index in [1.165, 1.54) is 28.6 Å². The summed E-state index contributed by atoms with van der Waals surface area (Å²) in [4.78, 5) is 26.7. The van der Waals surface area contributed by atoms with Gasteiger partial charge in [-0.15, -0.1) is 0 Å². The van der Waals surface area contributed by atoms with Crippen LogP contribution in [0.4, 0.5) is 5.69 Å². The number of nitrogens with zero attached hydrogens (tertiary/aromatic N) is 2. The van der Waals surface area contributed by atoms with Crippen molar-refractivity contribution in [1.82, 2.24) is 9.62 Å². The molecule has 0 aliphatic carbocycles. The van der Waals surface area contributed by atoms with E-state index in [0.717, 1.165) is 18.5 Å². The Kier molecular flexibility index (Phi) is 5.81. The molecule has 0 radical (unpaired) electrons. The van der Waals surface area contributed by atoms with Gasteiger partial charge < -0.3 is 10.2 Å². The Morgan fingerprint density at radius 2 is 1.63 bits per heavy atom. The lowest BCUT2D eigenvalue weighted by atomic mass is 10.2. The molecule has 7 nitrogen and oxygen atoms in total. The maximum atomic E-state index is 12.6. The van der Waals surface area contributed by atoms with Crippen LogP contribution in [0, 0.1) is 0 Å². The minimum Gasteiger partial charge on any atom is -0.347 e. The minimum atomic E-state index is -3.51. The number of hydrogen-bond acceptors (Lipinski definition) is 4. The van der Waals surface area contributed by atoms with Gasteiger partial charge in [-0.2, -0.15) is 4.31 Å². The summed E-state index contributed by atoms with van der Waals surface area (Å²) in [5.74, 6) is -0.412. The zero-order valence-electron chi connectivity index (χ0n) is 16.3. The second-order valence-corrected chi connectivity index (χ2v) is 9.87. The second-order valence-electron chi connectivity index (χ2n) is 7.49. The monoisotopic (exact) mass is 447 g/mol. The van der Waals surface area contributed by atoms with Crippen molar-refractivity contribution in [3.63, 3.8) is 0 Å². The quantitative estimate of drug-likeness (QED) is 0.763. The zero-order chi connectivity index (χ0) is 21.3. The molecule has 0 aromatic heterocycles. The molecular weight excluding hydrogens is 426 g/mol. The third kappa shape index (κ3) is 4.21. The number of carbonyl (C=O) groups excluding carboxylic acids is 2. The summed E-state index contributed by atoms with van der Waals surface area (Å²) in [6.07, 6.45) is 1.94. The fraction of sp³-hybridized carbons (Fsp3) is 0.333. The van der Waals surface area contributed by atoms with Crippen LogP contribution >= 0.6 is 11.6 Å². The predicted octanol–water partition coefficient (Wildman–Crippen LogP) is 2.66. The van der Waals surface area contributed by atoms with Crippen LogP contribution < -0.4 is 10.2 Å². The van der Waals surface area contributed by atoms with Crippen LogP contribution in [-0.4, -0.2) is 50.2 Å². The van der Waals surface area contributed by atoms with Crippen LogP contribution in [0.15, 0.2) is 53.4 Å². The molecule has 2 aromatic carbocycles. The highest BCUT2D eigenvalue weighted by atomic mass is 35.5. The Bertz CT molecular complexity index is 1050. The molecule has 0 saturated carbocycles. The number of carbonyl (C=O) groups is 2. The first kappa shape index (κ1) is 20.8. The first-order chi connectivity index (χ1) is 14.3. The summed E-state index contributed by atoms with van der Waals surface area (Å²) in [7, 11) is -3.51.